The Kier molecular flexibility index (Phi) is 4.29. The maximum absolute atomic E-state index is 13.2. The summed E-state index contributed by atoms with van der Waals surface area (Å²) in [5.41, 5.74) is 2.33. The van der Waals surface area contributed by atoms with Crippen LogP contribution in [0.5, 0.6) is 0 Å². The molecule has 7 heteroatoms. The zero-order valence-electron chi connectivity index (χ0n) is 10.9. The molecule has 1 atom stereocenters. The highest BCUT2D eigenvalue weighted by molar-refractivity contribution is 6.00. The van der Waals surface area contributed by atoms with Crippen molar-refractivity contribution >= 4 is 17.5 Å². The smallest absolute Gasteiger partial charge is 0.248 e. The molecular weight excluding hydrogens is 270 g/mol. The van der Waals surface area contributed by atoms with E-state index in [0.29, 0.717) is 6.61 Å². The minimum atomic E-state index is -0.769. The summed E-state index contributed by atoms with van der Waals surface area (Å²) in [5.74, 6) is -2.91. The normalized spacial score (nSPS) is 18.4. The lowest BCUT2D eigenvalue weighted by atomic mass is 10.1. The molecule has 2 rings (SSSR count). The Morgan fingerprint density at radius 3 is 2.65 bits per heavy atom. The summed E-state index contributed by atoms with van der Waals surface area (Å²) in [4.78, 5) is 29.5. The number of carbonyl (C=O) groups is 2. The second-order valence-corrected chi connectivity index (χ2v) is 4.43. The van der Waals surface area contributed by atoms with Crippen LogP contribution in [0.4, 0.5) is 14.5 Å². The maximum Gasteiger partial charge on any atom is 0.248 e. The lowest BCUT2D eigenvalue weighted by Crippen LogP contribution is -2.33. The molecule has 1 aromatic rings. The molecule has 1 N–H and O–H groups in total. The maximum atomic E-state index is 13.2. The van der Waals surface area contributed by atoms with Crippen LogP contribution in [0, 0.1) is 17.6 Å². The van der Waals surface area contributed by atoms with E-state index in [1.165, 1.54) is 4.90 Å². The van der Waals surface area contributed by atoms with Crippen LogP contribution in [0.1, 0.15) is 13.3 Å². The van der Waals surface area contributed by atoms with Gasteiger partial charge in [-0.1, -0.05) is 0 Å². The van der Waals surface area contributed by atoms with Crippen LogP contribution in [0.25, 0.3) is 0 Å². The second-order valence-electron chi connectivity index (χ2n) is 4.43. The van der Waals surface area contributed by atoms with Crippen molar-refractivity contribution in [3.63, 3.8) is 0 Å². The van der Waals surface area contributed by atoms with E-state index in [1.807, 2.05) is 0 Å². The Hall–Kier alpha value is -2.02. The van der Waals surface area contributed by atoms with Crippen molar-refractivity contribution < 1.29 is 23.2 Å². The molecule has 0 aromatic heterocycles. The van der Waals surface area contributed by atoms with Gasteiger partial charge in [-0.05, 0) is 19.1 Å². The van der Waals surface area contributed by atoms with Gasteiger partial charge in [-0.2, -0.15) is 0 Å². The molecular formula is C13H14F2N2O3. The predicted molar refractivity (Wildman–Crippen MR) is 66.6 cm³/mol. The van der Waals surface area contributed by atoms with Crippen LogP contribution >= 0.6 is 0 Å². The summed E-state index contributed by atoms with van der Waals surface area (Å²) in [7, 11) is 0. The molecule has 1 heterocycles. The molecule has 0 aliphatic carbocycles. The second kappa shape index (κ2) is 5.96. The number of hydrogen-bond acceptors (Lipinski definition) is 3. The molecule has 1 aliphatic rings. The van der Waals surface area contributed by atoms with Gasteiger partial charge in [-0.15, -0.1) is 0 Å². The molecule has 1 saturated heterocycles. The predicted octanol–water partition coefficient (Wildman–Crippen LogP) is 1.39. The van der Waals surface area contributed by atoms with E-state index in [2.05, 4.69) is 5.48 Å². The highest BCUT2D eigenvalue weighted by Gasteiger charge is 2.35. The Morgan fingerprint density at radius 1 is 1.40 bits per heavy atom. The lowest BCUT2D eigenvalue weighted by molar-refractivity contribution is -0.137. The molecule has 0 unspecified atom stereocenters. The molecule has 0 bridgehead atoms. The Balaban J connectivity index is 2.11. The van der Waals surface area contributed by atoms with E-state index >= 15 is 0 Å². The Bertz CT molecular complexity index is 516. The largest absolute Gasteiger partial charge is 0.311 e. The number of benzene rings is 1. The molecule has 0 saturated carbocycles. The summed E-state index contributed by atoms with van der Waals surface area (Å²) < 4.78 is 26.3. The highest BCUT2D eigenvalue weighted by Crippen LogP contribution is 2.26. The van der Waals surface area contributed by atoms with Gasteiger partial charge in [0.25, 0.3) is 0 Å². The highest BCUT2D eigenvalue weighted by atomic mass is 19.1. The standard InChI is InChI=1S/C13H14F2N2O3/c1-2-20-16-13(19)8-3-12(18)17(7-8)11-5-9(14)4-10(15)6-11/h4-6,8H,2-3,7H2,1H3,(H,16,19)/t8-/m1/s1. The van der Waals surface area contributed by atoms with Crippen molar-refractivity contribution in [2.24, 2.45) is 5.92 Å². The van der Waals surface area contributed by atoms with E-state index in [0.717, 1.165) is 18.2 Å². The van der Waals surface area contributed by atoms with Gasteiger partial charge in [0.2, 0.25) is 11.8 Å². The zero-order valence-corrected chi connectivity index (χ0v) is 10.9. The van der Waals surface area contributed by atoms with Crippen molar-refractivity contribution in [3.05, 3.63) is 29.8 Å². The summed E-state index contributed by atoms with van der Waals surface area (Å²) in [6, 6.07) is 2.84. The van der Waals surface area contributed by atoms with Gasteiger partial charge in [0.15, 0.2) is 0 Å². The van der Waals surface area contributed by atoms with Crippen LogP contribution in [0.2, 0.25) is 0 Å². The van der Waals surface area contributed by atoms with Crippen molar-refractivity contribution in [3.8, 4) is 0 Å². The van der Waals surface area contributed by atoms with Gasteiger partial charge in [-0.25, -0.2) is 14.3 Å². The lowest BCUT2D eigenvalue weighted by Gasteiger charge is -2.16. The van der Waals surface area contributed by atoms with Crippen LogP contribution in [-0.4, -0.2) is 25.0 Å². The van der Waals surface area contributed by atoms with E-state index < -0.39 is 23.5 Å². The molecule has 2 amide bonds. The van der Waals surface area contributed by atoms with Crippen molar-refractivity contribution in [1.82, 2.24) is 5.48 Å². The average molecular weight is 284 g/mol. The molecule has 0 spiro atoms. The fraction of sp³-hybridized carbons (Fsp3) is 0.385. The van der Waals surface area contributed by atoms with Gasteiger partial charge in [0.1, 0.15) is 11.6 Å². The van der Waals surface area contributed by atoms with Crippen LogP contribution in [0.3, 0.4) is 0 Å². The third-order valence-electron chi connectivity index (χ3n) is 2.97. The fourth-order valence-electron chi connectivity index (χ4n) is 2.05. The van der Waals surface area contributed by atoms with E-state index in [1.54, 1.807) is 6.92 Å². The van der Waals surface area contributed by atoms with Crippen LogP contribution < -0.4 is 10.4 Å². The first kappa shape index (κ1) is 14.4. The average Bonchev–Trinajstić information content (AvgIpc) is 2.77. The number of carbonyl (C=O) groups excluding carboxylic acids is 2. The fourth-order valence-corrected chi connectivity index (χ4v) is 2.05. The number of halogens is 2. The molecule has 5 nitrogen and oxygen atoms in total. The molecule has 1 aromatic carbocycles. The number of hydroxylamine groups is 1. The van der Waals surface area contributed by atoms with Gasteiger partial charge < -0.3 is 4.90 Å². The number of amides is 2. The Labute approximate surface area is 114 Å². The third-order valence-corrected chi connectivity index (χ3v) is 2.97. The van der Waals surface area contributed by atoms with Crippen molar-refractivity contribution in [2.75, 3.05) is 18.1 Å². The summed E-state index contributed by atoms with van der Waals surface area (Å²) in [6.45, 7) is 2.09. The molecule has 1 aliphatic heterocycles. The van der Waals surface area contributed by atoms with Crippen LogP contribution in [-0.2, 0) is 14.4 Å². The third kappa shape index (κ3) is 3.11. The first-order valence-electron chi connectivity index (χ1n) is 6.19. The first-order chi connectivity index (χ1) is 9.51. The number of anilines is 1. The first-order valence-corrected chi connectivity index (χ1v) is 6.19. The Morgan fingerprint density at radius 2 is 2.05 bits per heavy atom. The molecule has 0 radical (unpaired) electrons. The van der Waals surface area contributed by atoms with Gasteiger partial charge >= 0.3 is 0 Å². The van der Waals surface area contributed by atoms with Crippen molar-refractivity contribution in [1.29, 1.82) is 0 Å². The quantitative estimate of drug-likeness (QED) is 0.850. The van der Waals surface area contributed by atoms with E-state index in [9.17, 15) is 18.4 Å². The SMILES string of the molecule is CCONC(=O)[C@@H]1CC(=O)N(c2cc(F)cc(F)c2)C1. The zero-order chi connectivity index (χ0) is 14.7. The summed E-state index contributed by atoms with van der Waals surface area (Å²) >= 11 is 0. The number of hydrogen-bond donors (Lipinski definition) is 1. The minimum absolute atomic E-state index is 0.0168. The topological polar surface area (TPSA) is 58.6 Å². The number of nitrogens with zero attached hydrogens (tertiary/aromatic N) is 1. The van der Waals surface area contributed by atoms with Crippen LogP contribution in [0.15, 0.2) is 18.2 Å². The number of rotatable bonds is 4. The van der Waals surface area contributed by atoms with Gasteiger partial charge in [0.05, 0.1) is 12.5 Å². The summed E-state index contributed by atoms with van der Waals surface area (Å²) in [5, 5.41) is 0. The molecule has 108 valence electrons. The van der Waals surface area contributed by atoms with Gasteiger partial charge in [0, 0.05) is 24.7 Å². The van der Waals surface area contributed by atoms with E-state index in [4.69, 9.17) is 4.84 Å². The number of nitrogens with one attached hydrogen (secondary N) is 1. The summed E-state index contributed by atoms with van der Waals surface area (Å²) in [6.07, 6.45) is -0.0168. The molecule has 20 heavy (non-hydrogen) atoms. The van der Waals surface area contributed by atoms with Crippen molar-refractivity contribution in [2.45, 2.75) is 13.3 Å². The van der Waals surface area contributed by atoms with Gasteiger partial charge in [-0.3, -0.25) is 14.4 Å². The minimum Gasteiger partial charge on any atom is -0.311 e. The molecule has 1 fully saturated rings. The van der Waals surface area contributed by atoms with E-state index in [-0.39, 0.29) is 24.6 Å². The monoisotopic (exact) mass is 284 g/mol.